The number of anilines is 2. The van der Waals surface area contributed by atoms with E-state index in [2.05, 4.69) is 33.7 Å². The van der Waals surface area contributed by atoms with E-state index in [1.807, 2.05) is 17.3 Å². The van der Waals surface area contributed by atoms with Crippen molar-refractivity contribution in [1.29, 1.82) is 0 Å². The molecule has 2 aromatic heterocycles. The molecule has 25 heavy (non-hydrogen) atoms. The van der Waals surface area contributed by atoms with Gasteiger partial charge in [-0.2, -0.15) is 0 Å². The average molecular weight is 339 g/mol. The molecule has 2 fully saturated rings. The van der Waals surface area contributed by atoms with Crippen LogP contribution in [0.4, 0.5) is 16.2 Å². The highest BCUT2D eigenvalue weighted by Gasteiger charge is 2.23. The van der Waals surface area contributed by atoms with Crippen LogP contribution in [0.1, 0.15) is 31.2 Å². The average Bonchev–Trinajstić information content (AvgIpc) is 3.25. The molecule has 2 aliphatic rings. The molecule has 2 saturated heterocycles. The molecule has 2 aromatic rings. The molecule has 132 valence electrons. The number of urea groups is 1. The normalized spacial score (nSPS) is 18.2. The minimum Gasteiger partial charge on any atom is -0.367 e. The first-order valence-corrected chi connectivity index (χ1v) is 9.07. The Morgan fingerprint density at radius 3 is 2.84 bits per heavy atom. The lowest BCUT2D eigenvalue weighted by Gasteiger charge is -2.32. The number of nitrogens with one attached hydrogen (secondary N) is 2. The minimum absolute atomic E-state index is 0.0195. The maximum absolute atomic E-state index is 12.5. The largest absolute Gasteiger partial charge is 0.367 e. The van der Waals surface area contributed by atoms with Crippen LogP contribution in [0.25, 0.3) is 11.0 Å². The van der Waals surface area contributed by atoms with Crippen LogP contribution in [0.3, 0.4) is 0 Å². The fraction of sp³-hybridized carbons (Fsp3) is 0.474. The Morgan fingerprint density at radius 1 is 1.28 bits per heavy atom. The number of aromatic nitrogens is 2. The predicted octanol–water partition coefficient (Wildman–Crippen LogP) is 3.66. The number of hydrogen-bond acceptors (Lipinski definition) is 3. The van der Waals surface area contributed by atoms with E-state index in [-0.39, 0.29) is 6.03 Å². The van der Waals surface area contributed by atoms with Crippen LogP contribution in [0.2, 0.25) is 0 Å². The second-order valence-electron chi connectivity index (χ2n) is 7.12. The lowest BCUT2D eigenvalue weighted by atomic mass is 10.0. The summed E-state index contributed by atoms with van der Waals surface area (Å²) >= 11 is 0. The number of carbonyl (C=O) groups excluding carboxylic acids is 1. The Labute approximate surface area is 147 Å². The molecule has 2 N–H and O–H groups in total. The van der Waals surface area contributed by atoms with Gasteiger partial charge in [0.05, 0.1) is 16.8 Å². The summed E-state index contributed by atoms with van der Waals surface area (Å²) in [6, 6.07) is -0.0195. The molecule has 0 aliphatic carbocycles. The van der Waals surface area contributed by atoms with Crippen LogP contribution in [-0.4, -0.2) is 47.1 Å². The third-order valence-corrected chi connectivity index (χ3v) is 5.18. The fourth-order valence-electron chi connectivity index (χ4n) is 3.93. The molecule has 6 heteroatoms. The maximum Gasteiger partial charge on any atom is 0.321 e. The van der Waals surface area contributed by atoms with Gasteiger partial charge in [0, 0.05) is 38.6 Å². The zero-order valence-corrected chi connectivity index (χ0v) is 14.8. The van der Waals surface area contributed by atoms with Gasteiger partial charge in [-0.3, -0.25) is 0 Å². The summed E-state index contributed by atoms with van der Waals surface area (Å²) in [6.07, 6.45) is 8.13. The van der Waals surface area contributed by atoms with Crippen molar-refractivity contribution in [2.75, 3.05) is 36.4 Å². The lowest BCUT2D eigenvalue weighted by Crippen LogP contribution is -2.33. The quantitative estimate of drug-likeness (QED) is 0.821. The number of rotatable bonds is 2. The van der Waals surface area contributed by atoms with Crippen LogP contribution >= 0.6 is 0 Å². The number of likely N-dealkylation sites (tertiary alicyclic amines) is 1. The van der Waals surface area contributed by atoms with E-state index in [4.69, 9.17) is 0 Å². The number of H-pyrrole nitrogens is 1. The van der Waals surface area contributed by atoms with Crippen LogP contribution in [0.5, 0.6) is 0 Å². The van der Waals surface area contributed by atoms with Crippen molar-refractivity contribution in [3.8, 4) is 0 Å². The molecular weight excluding hydrogens is 314 g/mol. The molecule has 0 saturated carbocycles. The number of piperidine rings is 1. The SMILES string of the molecule is C=C1CCCN(c2c(C)cnc3[nH]cc(NC(=O)N4CCCC4)c23)C1. The zero-order valence-electron chi connectivity index (χ0n) is 14.8. The molecule has 2 aliphatic heterocycles. The van der Waals surface area contributed by atoms with E-state index in [1.165, 1.54) is 5.57 Å². The fourth-order valence-corrected chi connectivity index (χ4v) is 3.93. The second kappa shape index (κ2) is 6.43. The molecule has 0 bridgehead atoms. The van der Waals surface area contributed by atoms with Crippen LogP contribution in [0, 0.1) is 6.92 Å². The number of hydrogen-bond donors (Lipinski definition) is 2. The molecular formula is C19H25N5O. The van der Waals surface area contributed by atoms with E-state index < -0.39 is 0 Å². The van der Waals surface area contributed by atoms with E-state index in [0.29, 0.717) is 0 Å². The first kappa shape index (κ1) is 16.0. The molecule has 4 heterocycles. The Bertz CT molecular complexity index is 819. The van der Waals surface area contributed by atoms with Gasteiger partial charge in [0.25, 0.3) is 0 Å². The second-order valence-corrected chi connectivity index (χ2v) is 7.12. The van der Waals surface area contributed by atoms with Gasteiger partial charge in [0.2, 0.25) is 0 Å². The summed E-state index contributed by atoms with van der Waals surface area (Å²) in [7, 11) is 0. The first-order chi connectivity index (χ1) is 12.1. The summed E-state index contributed by atoms with van der Waals surface area (Å²) in [5.74, 6) is 0. The van der Waals surface area contributed by atoms with Crippen LogP contribution < -0.4 is 10.2 Å². The number of fused-ring (bicyclic) bond motifs is 1. The van der Waals surface area contributed by atoms with E-state index in [0.717, 1.165) is 79.8 Å². The molecule has 0 radical (unpaired) electrons. The highest BCUT2D eigenvalue weighted by Crippen LogP contribution is 2.36. The molecule has 2 amide bonds. The summed E-state index contributed by atoms with van der Waals surface area (Å²) in [6.45, 7) is 9.79. The van der Waals surface area contributed by atoms with E-state index in [1.54, 1.807) is 0 Å². The minimum atomic E-state index is -0.0195. The van der Waals surface area contributed by atoms with Gasteiger partial charge in [0.15, 0.2) is 0 Å². The van der Waals surface area contributed by atoms with E-state index >= 15 is 0 Å². The topological polar surface area (TPSA) is 64.3 Å². The van der Waals surface area contributed by atoms with Crippen LogP contribution in [0.15, 0.2) is 24.5 Å². The van der Waals surface area contributed by atoms with E-state index in [9.17, 15) is 4.79 Å². The standard InChI is InChI=1S/C19H25N5O/c1-13-6-5-9-24(12-13)17-14(2)10-20-18-16(17)15(11-21-18)22-19(25)23-7-3-4-8-23/h10-11H,1,3-9,12H2,2H3,(H,20,21)(H,22,25). The van der Waals surface area contributed by atoms with Gasteiger partial charge < -0.3 is 20.1 Å². The van der Waals surface area contributed by atoms with Gasteiger partial charge in [-0.25, -0.2) is 9.78 Å². The van der Waals surface area contributed by atoms with Gasteiger partial charge in [-0.05, 0) is 38.2 Å². The third kappa shape index (κ3) is 2.97. The summed E-state index contributed by atoms with van der Waals surface area (Å²) < 4.78 is 0. The number of pyridine rings is 1. The van der Waals surface area contributed by atoms with Gasteiger partial charge in [-0.1, -0.05) is 12.2 Å². The highest BCUT2D eigenvalue weighted by molar-refractivity contribution is 6.06. The number of aromatic amines is 1. The Morgan fingerprint density at radius 2 is 2.08 bits per heavy atom. The summed E-state index contributed by atoms with van der Waals surface area (Å²) in [5.41, 5.74) is 5.17. The Kier molecular flexibility index (Phi) is 4.11. The monoisotopic (exact) mass is 339 g/mol. The number of amides is 2. The summed E-state index contributed by atoms with van der Waals surface area (Å²) in [5, 5.41) is 4.09. The predicted molar refractivity (Wildman–Crippen MR) is 101 cm³/mol. The summed E-state index contributed by atoms with van der Waals surface area (Å²) in [4.78, 5) is 24.5. The van der Waals surface area contributed by atoms with Gasteiger partial charge in [-0.15, -0.1) is 0 Å². The number of carbonyl (C=O) groups is 1. The van der Waals surface area contributed by atoms with Crippen molar-refractivity contribution in [3.05, 3.63) is 30.1 Å². The van der Waals surface area contributed by atoms with Crippen molar-refractivity contribution >= 4 is 28.4 Å². The van der Waals surface area contributed by atoms with Crippen molar-refractivity contribution in [1.82, 2.24) is 14.9 Å². The molecule has 0 aromatic carbocycles. The van der Waals surface area contributed by atoms with Crippen molar-refractivity contribution < 1.29 is 4.79 Å². The lowest BCUT2D eigenvalue weighted by molar-refractivity contribution is 0.222. The zero-order chi connectivity index (χ0) is 17.4. The van der Waals surface area contributed by atoms with Gasteiger partial charge in [0.1, 0.15) is 5.65 Å². The van der Waals surface area contributed by atoms with Crippen molar-refractivity contribution in [2.45, 2.75) is 32.6 Å². The number of aryl methyl sites for hydroxylation is 1. The molecule has 0 spiro atoms. The van der Waals surface area contributed by atoms with Crippen molar-refractivity contribution in [2.24, 2.45) is 0 Å². The maximum atomic E-state index is 12.5. The molecule has 4 rings (SSSR count). The third-order valence-electron chi connectivity index (χ3n) is 5.18. The smallest absolute Gasteiger partial charge is 0.321 e. The Balaban J connectivity index is 1.71. The highest BCUT2D eigenvalue weighted by atomic mass is 16.2. The number of nitrogens with zero attached hydrogens (tertiary/aromatic N) is 3. The molecule has 6 nitrogen and oxygen atoms in total. The van der Waals surface area contributed by atoms with Crippen LogP contribution in [-0.2, 0) is 0 Å². The molecule has 0 unspecified atom stereocenters. The first-order valence-electron chi connectivity index (χ1n) is 9.07. The molecule has 0 atom stereocenters. The Hall–Kier alpha value is -2.50. The van der Waals surface area contributed by atoms with Crippen molar-refractivity contribution in [3.63, 3.8) is 0 Å². The van der Waals surface area contributed by atoms with Gasteiger partial charge >= 0.3 is 6.03 Å².